The van der Waals surface area contributed by atoms with Crippen molar-refractivity contribution in [2.45, 2.75) is 4.34 Å². The third kappa shape index (κ3) is 3.38. The maximum Gasteiger partial charge on any atom is 0.150 e. The molecule has 0 N–H and O–H groups in total. The van der Waals surface area contributed by atoms with E-state index in [4.69, 9.17) is 0 Å². The Morgan fingerprint density at radius 3 is 3.45 bits per heavy atom. The normalized spacial score (nSPS) is 10.6. The minimum atomic E-state index is 0.807. The Balaban J connectivity index is 2.19. The highest BCUT2D eigenvalue weighted by atomic mass is 32.2. The summed E-state index contributed by atoms with van der Waals surface area (Å²) in [5, 5.41) is 5.56. The average Bonchev–Trinajstić information content (AvgIpc) is 2.50. The summed E-state index contributed by atoms with van der Waals surface area (Å²) in [5.41, 5.74) is 0. The van der Waals surface area contributed by atoms with Crippen LogP contribution in [0, 0.1) is 0 Å². The number of aromatic nitrogens is 1. The minimum absolute atomic E-state index is 0.807. The van der Waals surface area contributed by atoms with Gasteiger partial charge in [-0.2, -0.15) is 0 Å². The highest BCUT2D eigenvalue weighted by Gasteiger charge is 1.92. The van der Waals surface area contributed by atoms with Gasteiger partial charge >= 0.3 is 0 Å². The van der Waals surface area contributed by atoms with E-state index in [1.165, 1.54) is 7.11 Å². The quantitative estimate of drug-likeness (QED) is 0.411. The molecule has 5 heteroatoms. The van der Waals surface area contributed by atoms with Crippen molar-refractivity contribution in [2.24, 2.45) is 5.16 Å². The molecular formula is C6H8N2OS2. The van der Waals surface area contributed by atoms with E-state index >= 15 is 0 Å². The number of hydrogen-bond acceptors (Lipinski definition) is 5. The van der Waals surface area contributed by atoms with Crippen LogP contribution in [-0.4, -0.2) is 24.1 Å². The van der Waals surface area contributed by atoms with Crippen LogP contribution >= 0.6 is 23.1 Å². The first-order chi connectivity index (χ1) is 5.43. The Kier molecular flexibility index (Phi) is 4.00. The lowest BCUT2D eigenvalue weighted by molar-refractivity contribution is 0.215. The number of nitrogens with zero attached hydrogens (tertiary/aromatic N) is 2. The molecule has 0 aromatic carbocycles. The van der Waals surface area contributed by atoms with Crippen molar-refractivity contribution >= 4 is 29.3 Å². The van der Waals surface area contributed by atoms with Crippen LogP contribution in [0.15, 0.2) is 21.1 Å². The van der Waals surface area contributed by atoms with E-state index in [2.05, 4.69) is 15.0 Å². The summed E-state index contributed by atoms with van der Waals surface area (Å²) in [7, 11) is 1.53. The molecule has 60 valence electrons. The zero-order valence-corrected chi connectivity index (χ0v) is 7.69. The Morgan fingerprint density at radius 2 is 2.82 bits per heavy atom. The highest BCUT2D eigenvalue weighted by Crippen LogP contribution is 2.18. The summed E-state index contributed by atoms with van der Waals surface area (Å²) in [6.07, 6.45) is 3.51. The summed E-state index contributed by atoms with van der Waals surface area (Å²) in [5.74, 6) is 0.807. The van der Waals surface area contributed by atoms with Gasteiger partial charge in [-0.25, -0.2) is 4.98 Å². The van der Waals surface area contributed by atoms with Crippen molar-refractivity contribution in [3.8, 4) is 0 Å². The monoisotopic (exact) mass is 188 g/mol. The van der Waals surface area contributed by atoms with Gasteiger partial charge in [-0.05, 0) is 0 Å². The second kappa shape index (κ2) is 5.15. The zero-order valence-electron chi connectivity index (χ0n) is 6.06. The van der Waals surface area contributed by atoms with Gasteiger partial charge in [0.15, 0.2) is 0 Å². The third-order valence-corrected chi connectivity index (χ3v) is 2.75. The van der Waals surface area contributed by atoms with E-state index in [0.29, 0.717) is 0 Å². The lowest BCUT2D eigenvalue weighted by Crippen LogP contribution is -1.80. The van der Waals surface area contributed by atoms with Gasteiger partial charge in [0.2, 0.25) is 0 Å². The van der Waals surface area contributed by atoms with E-state index in [1.54, 1.807) is 35.5 Å². The van der Waals surface area contributed by atoms with Crippen LogP contribution < -0.4 is 0 Å². The lowest BCUT2D eigenvalue weighted by Gasteiger charge is -1.88. The van der Waals surface area contributed by atoms with Crippen LogP contribution in [-0.2, 0) is 4.84 Å². The van der Waals surface area contributed by atoms with Crippen molar-refractivity contribution in [2.75, 3.05) is 12.9 Å². The SMILES string of the molecule is CO/N=C/CSc1nccs1. The van der Waals surface area contributed by atoms with Crippen molar-refractivity contribution in [3.63, 3.8) is 0 Å². The molecule has 0 radical (unpaired) electrons. The van der Waals surface area contributed by atoms with E-state index in [0.717, 1.165) is 10.1 Å². The fraction of sp³-hybridized carbons (Fsp3) is 0.333. The van der Waals surface area contributed by atoms with Crippen LogP contribution in [0.3, 0.4) is 0 Å². The van der Waals surface area contributed by atoms with Crippen LogP contribution in [0.5, 0.6) is 0 Å². The molecule has 1 aromatic heterocycles. The summed E-state index contributed by atoms with van der Waals surface area (Å²) in [6.45, 7) is 0. The van der Waals surface area contributed by atoms with Crippen LogP contribution in [0.4, 0.5) is 0 Å². The number of hydrogen-bond donors (Lipinski definition) is 0. The first-order valence-corrected chi connectivity index (χ1v) is 4.87. The molecule has 0 aliphatic carbocycles. The molecule has 0 saturated carbocycles. The fourth-order valence-electron chi connectivity index (χ4n) is 0.495. The second-order valence-corrected chi connectivity index (χ2v) is 3.74. The molecule has 0 atom stereocenters. The Hall–Kier alpha value is -0.550. The fourth-order valence-corrected chi connectivity index (χ4v) is 1.91. The number of rotatable bonds is 4. The topological polar surface area (TPSA) is 34.5 Å². The van der Waals surface area contributed by atoms with Crippen LogP contribution in [0.2, 0.25) is 0 Å². The molecule has 0 amide bonds. The maximum atomic E-state index is 4.50. The number of oxime groups is 1. The molecule has 0 fully saturated rings. The van der Waals surface area contributed by atoms with E-state index in [9.17, 15) is 0 Å². The molecule has 11 heavy (non-hydrogen) atoms. The summed E-state index contributed by atoms with van der Waals surface area (Å²) < 4.78 is 1.06. The third-order valence-electron chi connectivity index (χ3n) is 0.871. The molecule has 0 aliphatic heterocycles. The Labute approximate surface area is 73.5 Å². The lowest BCUT2D eigenvalue weighted by atomic mass is 10.9. The predicted octanol–water partition coefficient (Wildman–Crippen LogP) is 1.87. The summed E-state index contributed by atoms with van der Waals surface area (Å²) in [6, 6.07) is 0. The van der Waals surface area contributed by atoms with Gasteiger partial charge in [-0.3, -0.25) is 0 Å². The van der Waals surface area contributed by atoms with Crippen molar-refractivity contribution in [3.05, 3.63) is 11.6 Å². The van der Waals surface area contributed by atoms with Gasteiger partial charge in [-0.15, -0.1) is 11.3 Å². The first kappa shape index (κ1) is 8.55. The smallest absolute Gasteiger partial charge is 0.150 e. The summed E-state index contributed by atoms with van der Waals surface area (Å²) in [4.78, 5) is 8.59. The van der Waals surface area contributed by atoms with E-state index in [-0.39, 0.29) is 0 Å². The van der Waals surface area contributed by atoms with Crippen molar-refractivity contribution in [1.82, 2.24) is 4.98 Å². The average molecular weight is 188 g/mol. The molecule has 1 heterocycles. The van der Waals surface area contributed by atoms with Crippen LogP contribution in [0.25, 0.3) is 0 Å². The first-order valence-electron chi connectivity index (χ1n) is 3.01. The maximum absolute atomic E-state index is 4.50. The Morgan fingerprint density at radius 1 is 1.91 bits per heavy atom. The Bertz CT molecular complexity index is 210. The number of thioether (sulfide) groups is 1. The van der Waals surface area contributed by atoms with Crippen LogP contribution in [0.1, 0.15) is 0 Å². The van der Waals surface area contributed by atoms with E-state index in [1.807, 2.05) is 5.38 Å². The molecule has 1 aromatic rings. The predicted molar refractivity (Wildman–Crippen MR) is 48.3 cm³/mol. The molecule has 0 aliphatic rings. The molecule has 3 nitrogen and oxygen atoms in total. The molecule has 0 bridgehead atoms. The highest BCUT2D eigenvalue weighted by molar-refractivity contribution is 8.01. The second-order valence-electron chi connectivity index (χ2n) is 1.58. The molecule has 0 saturated heterocycles. The van der Waals surface area contributed by atoms with Gasteiger partial charge in [0.1, 0.15) is 11.4 Å². The van der Waals surface area contributed by atoms with Gasteiger partial charge in [0.05, 0.1) is 6.21 Å². The van der Waals surface area contributed by atoms with Gasteiger partial charge in [-0.1, -0.05) is 16.9 Å². The molecule has 0 unspecified atom stereocenters. The zero-order chi connectivity index (χ0) is 7.94. The van der Waals surface area contributed by atoms with Gasteiger partial charge < -0.3 is 4.84 Å². The largest absolute Gasteiger partial charge is 0.399 e. The number of thiazole rings is 1. The summed E-state index contributed by atoms with van der Waals surface area (Å²) >= 11 is 3.28. The van der Waals surface area contributed by atoms with Gasteiger partial charge in [0.25, 0.3) is 0 Å². The molecule has 0 spiro atoms. The molecular weight excluding hydrogens is 180 g/mol. The minimum Gasteiger partial charge on any atom is -0.399 e. The van der Waals surface area contributed by atoms with Crippen molar-refractivity contribution < 1.29 is 4.84 Å². The molecule has 1 rings (SSSR count). The standard InChI is InChI=1S/C6H8N2OS2/c1-9-8-3-5-11-6-7-2-4-10-6/h2-4H,5H2,1H3/b8-3+. The van der Waals surface area contributed by atoms with E-state index < -0.39 is 0 Å². The van der Waals surface area contributed by atoms with Crippen molar-refractivity contribution in [1.29, 1.82) is 0 Å². The van der Waals surface area contributed by atoms with Gasteiger partial charge in [0, 0.05) is 17.3 Å².